The fourth-order valence-electron chi connectivity index (χ4n) is 2.88. The normalized spacial score (nSPS) is 17.5. The second kappa shape index (κ2) is 7.65. The van der Waals surface area contributed by atoms with Crippen LogP contribution in [0.1, 0.15) is 31.7 Å². The molecule has 1 aromatic carbocycles. The Balaban J connectivity index is 1.82. The first-order chi connectivity index (χ1) is 9.65. The summed E-state index contributed by atoms with van der Waals surface area (Å²) in [7, 11) is 4.23. The van der Waals surface area contributed by atoms with Crippen molar-refractivity contribution in [3.05, 3.63) is 29.8 Å². The van der Waals surface area contributed by atoms with Crippen LogP contribution >= 0.6 is 0 Å². The van der Waals surface area contributed by atoms with Crippen molar-refractivity contribution in [1.82, 2.24) is 10.2 Å². The Hall–Kier alpha value is -1.06. The van der Waals surface area contributed by atoms with Gasteiger partial charge in [-0.3, -0.25) is 0 Å². The summed E-state index contributed by atoms with van der Waals surface area (Å²) in [6.07, 6.45) is 4.07. The molecule has 1 aliphatic rings. The maximum absolute atomic E-state index is 3.57. The Morgan fingerprint density at radius 1 is 1.10 bits per heavy atom. The van der Waals surface area contributed by atoms with E-state index in [0.29, 0.717) is 6.04 Å². The van der Waals surface area contributed by atoms with Gasteiger partial charge in [0.25, 0.3) is 0 Å². The van der Waals surface area contributed by atoms with E-state index in [-0.39, 0.29) is 0 Å². The monoisotopic (exact) mass is 275 g/mol. The van der Waals surface area contributed by atoms with Crippen molar-refractivity contribution in [3.8, 4) is 0 Å². The van der Waals surface area contributed by atoms with Crippen molar-refractivity contribution in [2.75, 3.05) is 38.6 Å². The van der Waals surface area contributed by atoms with Crippen LogP contribution in [-0.4, -0.2) is 44.7 Å². The Kier molecular flexibility index (Phi) is 5.86. The van der Waals surface area contributed by atoms with Crippen molar-refractivity contribution in [2.24, 2.45) is 0 Å². The highest BCUT2D eigenvalue weighted by Gasteiger charge is 2.10. The molecule has 0 bridgehead atoms. The highest BCUT2D eigenvalue weighted by Crippen LogP contribution is 2.20. The molecule has 3 nitrogen and oxygen atoms in total. The van der Waals surface area contributed by atoms with Gasteiger partial charge in [-0.25, -0.2) is 0 Å². The predicted molar refractivity (Wildman–Crippen MR) is 87.4 cm³/mol. The fraction of sp³-hybridized carbons (Fsp3) is 0.647. The first-order valence-electron chi connectivity index (χ1n) is 7.87. The largest absolute Gasteiger partial charge is 0.372 e. The van der Waals surface area contributed by atoms with Gasteiger partial charge in [-0.05, 0) is 58.0 Å². The average Bonchev–Trinajstić information content (AvgIpc) is 2.46. The molecule has 1 aromatic rings. The van der Waals surface area contributed by atoms with E-state index in [1.165, 1.54) is 43.6 Å². The zero-order valence-electron chi connectivity index (χ0n) is 13.2. The van der Waals surface area contributed by atoms with E-state index in [0.717, 1.165) is 13.1 Å². The highest BCUT2D eigenvalue weighted by atomic mass is 15.1. The molecular weight excluding hydrogens is 246 g/mol. The summed E-state index contributed by atoms with van der Waals surface area (Å²) in [6, 6.07) is 9.60. The van der Waals surface area contributed by atoms with Crippen molar-refractivity contribution in [2.45, 2.75) is 38.8 Å². The summed E-state index contributed by atoms with van der Waals surface area (Å²) < 4.78 is 0. The zero-order chi connectivity index (χ0) is 14.4. The van der Waals surface area contributed by atoms with E-state index in [2.05, 4.69) is 60.4 Å². The molecule has 0 saturated carbocycles. The van der Waals surface area contributed by atoms with Crippen LogP contribution in [0, 0.1) is 0 Å². The smallest absolute Gasteiger partial charge is 0.0366 e. The lowest BCUT2D eigenvalue weighted by molar-refractivity contribution is 0.349. The standard InChI is InChI=1S/C17H29N3/c1-15(14-19(2)3)18-13-16-7-9-17(10-8-16)20-11-5-4-6-12-20/h7-10,15,18H,4-6,11-14H2,1-3H3. The molecule has 0 aromatic heterocycles. The first-order valence-corrected chi connectivity index (χ1v) is 7.87. The number of piperidine rings is 1. The lowest BCUT2D eigenvalue weighted by Crippen LogP contribution is -2.35. The summed E-state index contributed by atoms with van der Waals surface area (Å²) >= 11 is 0. The summed E-state index contributed by atoms with van der Waals surface area (Å²) in [5.41, 5.74) is 2.76. The molecule has 1 aliphatic heterocycles. The van der Waals surface area contributed by atoms with Crippen LogP contribution in [0.5, 0.6) is 0 Å². The van der Waals surface area contributed by atoms with Crippen LogP contribution in [0.15, 0.2) is 24.3 Å². The van der Waals surface area contributed by atoms with E-state index in [4.69, 9.17) is 0 Å². The highest BCUT2D eigenvalue weighted by molar-refractivity contribution is 5.47. The van der Waals surface area contributed by atoms with Gasteiger partial charge in [-0.2, -0.15) is 0 Å². The molecule has 0 amide bonds. The molecule has 1 unspecified atom stereocenters. The number of nitrogens with zero attached hydrogens (tertiary/aromatic N) is 2. The topological polar surface area (TPSA) is 18.5 Å². The fourth-order valence-corrected chi connectivity index (χ4v) is 2.88. The number of anilines is 1. The van der Waals surface area contributed by atoms with Gasteiger partial charge in [-0.1, -0.05) is 12.1 Å². The molecule has 1 heterocycles. The zero-order valence-corrected chi connectivity index (χ0v) is 13.2. The van der Waals surface area contributed by atoms with Gasteiger partial charge < -0.3 is 15.1 Å². The van der Waals surface area contributed by atoms with Gasteiger partial charge in [0.05, 0.1) is 0 Å². The molecule has 112 valence electrons. The number of hydrogen-bond donors (Lipinski definition) is 1. The SMILES string of the molecule is CC(CN(C)C)NCc1ccc(N2CCCCC2)cc1. The third-order valence-corrected chi connectivity index (χ3v) is 3.95. The van der Waals surface area contributed by atoms with Crippen LogP contribution in [0.4, 0.5) is 5.69 Å². The van der Waals surface area contributed by atoms with Gasteiger partial charge in [0, 0.05) is 37.9 Å². The van der Waals surface area contributed by atoms with Gasteiger partial charge in [-0.15, -0.1) is 0 Å². The number of rotatable bonds is 6. The minimum Gasteiger partial charge on any atom is -0.372 e. The van der Waals surface area contributed by atoms with Gasteiger partial charge in [0.15, 0.2) is 0 Å². The van der Waals surface area contributed by atoms with Gasteiger partial charge in [0.1, 0.15) is 0 Å². The number of hydrogen-bond acceptors (Lipinski definition) is 3. The minimum absolute atomic E-state index is 0.520. The molecule has 3 heteroatoms. The summed E-state index contributed by atoms with van der Waals surface area (Å²) in [5, 5.41) is 3.57. The Morgan fingerprint density at radius 2 is 1.75 bits per heavy atom. The Bertz CT molecular complexity index is 380. The van der Waals surface area contributed by atoms with Crippen molar-refractivity contribution < 1.29 is 0 Å². The van der Waals surface area contributed by atoms with Crippen molar-refractivity contribution in [3.63, 3.8) is 0 Å². The van der Waals surface area contributed by atoms with E-state index in [9.17, 15) is 0 Å². The third-order valence-electron chi connectivity index (χ3n) is 3.95. The molecule has 1 fully saturated rings. The van der Waals surface area contributed by atoms with Gasteiger partial charge >= 0.3 is 0 Å². The lowest BCUT2D eigenvalue weighted by Gasteiger charge is -2.29. The van der Waals surface area contributed by atoms with E-state index < -0.39 is 0 Å². The van der Waals surface area contributed by atoms with Crippen molar-refractivity contribution in [1.29, 1.82) is 0 Å². The Morgan fingerprint density at radius 3 is 2.35 bits per heavy atom. The van der Waals surface area contributed by atoms with Crippen LogP contribution in [0.25, 0.3) is 0 Å². The minimum atomic E-state index is 0.520. The lowest BCUT2D eigenvalue weighted by atomic mass is 10.1. The predicted octanol–water partition coefficient (Wildman–Crippen LogP) is 2.72. The second-order valence-electron chi connectivity index (χ2n) is 6.26. The third kappa shape index (κ3) is 4.80. The van der Waals surface area contributed by atoms with E-state index in [1.54, 1.807) is 0 Å². The van der Waals surface area contributed by atoms with Crippen LogP contribution in [0.2, 0.25) is 0 Å². The molecule has 0 spiro atoms. The molecule has 20 heavy (non-hydrogen) atoms. The molecule has 0 radical (unpaired) electrons. The maximum Gasteiger partial charge on any atom is 0.0366 e. The molecule has 2 rings (SSSR count). The molecular formula is C17H29N3. The van der Waals surface area contributed by atoms with Crippen LogP contribution < -0.4 is 10.2 Å². The average molecular weight is 275 g/mol. The molecule has 1 saturated heterocycles. The Labute approximate surface area is 124 Å². The quantitative estimate of drug-likeness (QED) is 0.861. The van der Waals surface area contributed by atoms with Crippen LogP contribution in [-0.2, 0) is 6.54 Å². The number of nitrogens with one attached hydrogen (secondary N) is 1. The maximum atomic E-state index is 3.57. The number of benzene rings is 1. The van der Waals surface area contributed by atoms with Crippen LogP contribution in [0.3, 0.4) is 0 Å². The second-order valence-corrected chi connectivity index (χ2v) is 6.26. The summed E-state index contributed by atoms with van der Waals surface area (Å²) in [5.74, 6) is 0. The number of likely N-dealkylation sites (N-methyl/N-ethyl adjacent to an activating group) is 1. The van der Waals surface area contributed by atoms with Crippen molar-refractivity contribution >= 4 is 5.69 Å². The van der Waals surface area contributed by atoms with E-state index >= 15 is 0 Å². The molecule has 0 aliphatic carbocycles. The first kappa shape index (κ1) is 15.3. The summed E-state index contributed by atoms with van der Waals surface area (Å²) in [4.78, 5) is 4.73. The summed E-state index contributed by atoms with van der Waals surface area (Å²) in [6.45, 7) is 6.71. The molecule has 1 N–H and O–H groups in total. The van der Waals surface area contributed by atoms with Gasteiger partial charge in [0.2, 0.25) is 0 Å². The molecule has 1 atom stereocenters. The van der Waals surface area contributed by atoms with E-state index in [1.807, 2.05) is 0 Å².